The van der Waals surface area contributed by atoms with Crippen LogP contribution in [-0.2, 0) is 0 Å². The third-order valence-electron chi connectivity index (χ3n) is 7.34. The Morgan fingerprint density at radius 3 is 2.05 bits per heavy atom. The number of fused-ring (bicyclic) bond motifs is 6. The highest BCUT2D eigenvalue weighted by molar-refractivity contribution is 6.32. The van der Waals surface area contributed by atoms with Crippen LogP contribution in [0.3, 0.4) is 0 Å². The summed E-state index contributed by atoms with van der Waals surface area (Å²) in [6, 6.07) is 40.8. The predicted molar refractivity (Wildman–Crippen MR) is 163 cm³/mol. The quantitative estimate of drug-likeness (QED) is 0.227. The molecule has 0 bridgehead atoms. The topological polar surface area (TPSA) is 51.8 Å². The molecular weight excluding hydrogens is 514 g/mol. The van der Waals surface area contributed by atoms with Crippen molar-refractivity contribution in [3.05, 3.63) is 126 Å². The van der Waals surface area contributed by atoms with E-state index in [9.17, 15) is 0 Å². The van der Waals surface area contributed by atoms with Gasteiger partial charge in [-0.15, -0.1) is 0 Å². The summed E-state index contributed by atoms with van der Waals surface area (Å²) in [4.78, 5) is 15.1. The van der Waals surface area contributed by atoms with Crippen molar-refractivity contribution < 1.29 is 4.42 Å². The molecule has 0 aliphatic heterocycles. The van der Waals surface area contributed by atoms with Gasteiger partial charge in [0.2, 0.25) is 0 Å². The van der Waals surface area contributed by atoms with Crippen molar-refractivity contribution in [2.75, 3.05) is 0 Å². The minimum Gasteiger partial charge on any atom is -0.455 e. The first-order chi connectivity index (χ1) is 19.7. The Balaban J connectivity index is 1.46. The molecule has 5 heteroatoms. The van der Waals surface area contributed by atoms with Gasteiger partial charge in [-0.25, -0.2) is 15.0 Å². The number of hydrogen-bond acceptors (Lipinski definition) is 4. The van der Waals surface area contributed by atoms with Crippen molar-refractivity contribution in [2.45, 2.75) is 0 Å². The van der Waals surface area contributed by atoms with Crippen LogP contribution in [0.1, 0.15) is 0 Å². The van der Waals surface area contributed by atoms with Crippen LogP contribution in [0.15, 0.2) is 126 Å². The van der Waals surface area contributed by atoms with E-state index in [0.717, 1.165) is 54.8 Å². The fourth-order valence-electron chi connectivity index (χ4n) is 5.43. The lowest BCUT2D eigenvalue weighted by atomic mass is 9.99. The SMILES string of the molecule is Clc1ccc2c(c1)oc1c3ccccc3cc(-c3nc(-c4ccccc4)nc(-c4ccc5ccccc5c4)n3)c21. The van der Waals surface area contributed by atoms with Crippen molar-refractivity contribution in [1.29, 1.82) is 0 Å². The molecule has 40 heavy (non-hydrogen) atoms. The Labute approximate surface area is 234 Å². The molecule has 0 aliphatic carbocycles. The zero-order chi connectivity index (χ0) is 26.6. The van der Waals surface area contributed by atoms with Crippen LogP contribution in [0, 0.1) is 0 Å². The summed E-state index contributed by atoms with van der Waals surface area (Å²) in [6.45, 7) is 0. The number of benzene rings is 6. The minimum absolute atomic E-state index is 0.588. The van der Waals surface area contributed by atoms with Gasteiger partial charge in [0.05, 0.1) is 0 Å². The van der Waals surface area contributed by atoms with Gasteiger partial charge in [-0.1, -0.05) is 103 Å². The van der Waals surface area contributed by atoms with E-state index in [1.165, 1.54) is 5.39 Å². The Morgan fingerprint density at radius 1 is 0.500 bits per heavy atom. The van der Waals surface area contributed by atoms with Gasteiger partial charge in [0, 0.05) is 43.9 Å². The van der Waals surface area contributed by atoms with E-state index in [0.29, 0.717) is 22.5 Å². The first-order valence-electron chi connectivity index (χ1n) is 13.1. The van der Waals surface area contributed by atoms with E-state index in [1.807, 2.05) is 72.8 Å². The van der Waals surface area contributed by atoms with Crippen LogP contribution in [0.2, 0.25) is 5.02 Å². The van der Waals surface area contributed by atoms with Crippen molar-refractivity contribution in [2.24, 2.45) is 0 Å². The fourth-order valence-corrected chi connectivity index (χ4v) is 5.59. The highest BCUT2D eigenvalue weighted by atomic mass is 35.5. The molecule has 8 aromatic rings. The summed E-state index contributed by atoms with van der Waals surface area (Å²) in [5, 5.41) is 6.93. The number of furan rings is 1. The standard InChI is InChI=1S/C35H20ClN3O/c36-26-16-17-28-30(20-26)40-32-27-13-7-6-12-24(27)19-29(31(28)32)35-38-33(22-9-2-1-3-10-22)37-34(39-35)25-15-14-21-8-4-5-11-23(21)18-25/h1-20H. The lowest BCUT2D eigenvalue weighted by molar-refractivity contribution is 0.673. The molecule has 0 amide bonds. The molecule has 0 saturated carbocycles. The summed E-state index contributed by atoms with van der Waals surface area (Å²) in [6.07, 6.45) is 0. The molecule has 2 heterocycles. The van der Waals surface area contributed by atoms with Crippen LogP contribution in [0.5, 0.6) is 0 Å². The molecule has 2 aromatic heterocycles. The highest BCUT2D eigenvalue weighted by Crippen LogP contribution is 2.41. The summed E-state index contributed by atoms with van der Waals surface area (Å²) < 4.78 is 6.43. The van der Waals surface area contributed by atoms with E-state index in [-0.39, 0.29) is 0 Å². The van der Waals surface area contributed by atoms with Gasteiger partial charge in [0.25, 0.3) is 0 Å². The first kappa shape index (κ1) is 22.9. The van der Waals surface area contributed by atoms with Gasteiger partial charge < -0.3 is 4.42 Å². The van der Waals surface area contributed by atoms with Gasteiger partial charge in [0.15, 0.2) is 17.5 Å². The minimum atomic E-state index is 0.588. The Bertz CT molecular complexity index is 2240. The molecule has 0 aliphatic rings. The molecular formula is C35H20ClN3O. The molecule has 0 radical (unpaired) electrons. The van der Waals surface area contributed by atoms with Crippen LogP contribution >= 0.6 is 11.6 Å². The molecule has 0 fully saturated rings. The second kappa shape index (κ2) is 9.01. The largest absolute Gasteiger partial charge is 0.455 e. The average molecular weight is 534 g/mol. The molecule has 0 spiro atoms. The normalized spacial score (nSPS) is 11.6. The molecule has 0 atom stereocenters. The lowest BCUT2D eigenvalue weighted by Gasteiger charge is -2.11. The van der Waals surface area contributed by atoms with E-state index >= 15 is 0 Å². The van der Waals surface area contributed by atoms with Crippen LogP contribution in [0.25, 0.3) is 77.6 Å². The van der Waals surface area contributed by atoms with Gasteiger partial charge in [-0.05, 0) is 40.4 Å². The molecule has 0 N–H and O–H groups in total. The molecule has 4 nitrogen and oxygen atoms in total. The van der Waals surface area contributed by atoms with Crippen molar-refractivity contribution in [3.8, 4) is 34.2 Å². The first-order valence-corrected chi connectivity index (χ1v) is 13.4. The molecule has 0 saturated heterocycles. The molecule has 188 valence electrons. The Kier molecular flexibility index (Phi) is 5.15. The average Bonchev–Trinajstić information content (AvgIpc) is 3.39. The van der Waals surface area contributed by atoms with E-state index in [1.54, 1.807) is 0 Å². The summed E-state index contributed by atoms with van der Waals surface area (Å²) in [5.41, 5.74) is 4.26. The van der Waals surface area contributed by atoms with Gasteiger partial charge in [0.1, 0.15) is 11.2 Å². The van der Waals surface area contributed by atoms with E-state index in [4.69, 9.17) is 31.0 Å². The third-order valence-corrected chi connectivity index (χ3v) is 7.58. The van der Waals surface area contributed by atoms with Crippen molar-refractivity contribution in [1.82, 2.24) is 15.0 Å². The lowest BCUT2D eigenvalue weighted by Crippen LogP contribution is -2.00. The third kappa shape index (κ3) is 3.73. The zero-order valence-corrected chi connectivity index (χ0v) is 21.9. The van der Waals surface area contributed by atoms with Gasteiger partial charge in [-0.3, -0.25) is 0 Å². The van der Waals surface area contributed by atoms with Gasteiger partial charge >= 0.3 is 0 Å². The maximum atomic E-state index is 6.43. The smallest absolute Gasteiger partial charge is 0.164 e. The summed E-state index contributed by atoms with van der Waals surface area (Å²) in [7, 11) is 0. The van der Waals surface area contributed by atoms with Crippen molar-refractivity contribution in [3.63, 3.8) is 0 Å². The maximum Gasteiger partial charge on any atom is 0.164 e. The van der Waals surface area contributed by atoms with E-state index < -0.39 is 0 Å². The molecule has 0 unspecified atom stereocenters. The molecule has 6 aromatic carbocycles. The Hall–Kier alpha value is -5.06. The number of hydrogen-bond donors (Lipinski definition) is 0. The maximum absolute atomic E-state index is 6.43. The zero-order valence-electron chi connectivity index (χ0n) is 21.2. The predicted octanol–water partition coefficient (Wildman–Crippen LogP) is 9.73. The highest BCUT2D eigenvalue weighted by Gasteiger charge is 2.20. The fraction of sp³-hybridized carbons (Fsp3) is 0. The van der Waals surface area contributed by atoms with Crippen molar-refractivity contribution >= 4 is 55.1 Å². The number of nitrogens with zero attached hydrogens (tertiary/aromatic N) is 3. The number of aromatic nitrogens is 3. The number of halogens is 1. The number of rotatable bonds is 3. The molecule has 8 rings (SSSR count). The van der Waals surface area contributed by atoms with Gasteiger partial charge in [-0.2, -0.15) is 0 Å². The second-order valence-corrected chi connectivity index (χ2v) is 10.3. The summed E-state index contributed by atoms with van der Waals surface area (Å²) in [5.74, 6) is 1.82. The van der Waals surface area contributed by atoms with Crippen LogP contribution < -0.4 is 0 Å². The van der Waals surface area contributed by atoms with Crippen LogP contribution in [0.4, 0.5) is 0 Å². The summed E-state index contributed by atoms with van der Waals surface area (Å²) >= 11 is 6.35. The second-order valence-electron chi connectivity index (χ2n) is 9.83. The monoisotopic (exact) mass is 533 g/mol. The Morgan fingerprint density at radius 2 is 1.20 bits per heavy atom. The van der Waals surface area contributed by atoms with Crippen LogP contribution in [-0.4, -0.2) is 15.0 Å². The van der Waals surface area contributed by atoms with E-state index in [2.05, 4.69) is 48.5 Å².